The van der Waals surface area contributed by atoms with Crippen molar-refractivity contribution in [2.75, 3.05) is 11.5 Å². The van der Waals surface area contributed by atoms with E-state index in [1.54, 1.807) is 19.1 Å². The number of hydrogen-bond donors (Lipinski definition) is 1. The molecule has 0 aliphatic heterocycles. The number of carbonyl (C=O) groups is 2. The fraction of sp³-hybridized carbons (Fsp3) is 0.167. The number of benzene rings is 3. The number of carbonyl (C=O) groups excluding carboxylic acids is 1. The van der Waals surface area contributed by atoms with Crippen LogP contribution < -0.4 is 9.64 Å². The number of rotatable bonds is 7. The molecule has 30 heavy (non-hydrogen) atoms. The number of amides is 1. The first kappa shape index (κ1) is 20.9. The molecule has 1 N–H and O–H groups in total. The second-order valence-corrected chi connectivity index (χ2v) is 6.69. The lowest BCUT2D eigenvalue weighted by atomic mass is 10.0. The smallest absolute Gasteiger partial charge is 0.419 e. The number of anilines is 2. The third kappa shape index (κ3) is 4.97. The van der Waals surface area contributed by atoms with E-state index in [4.69, 9.17) is 14.6 Å². The van der Waals surface area contributed by atoms with Crippen LogP contribution in [0.5, 0.6) is 5.75 Å². The van der Waals surface area contributed by atoms with Gasteiger partial charge in [-0.15, -0.1) is 0 Å². The van der Waals surface area contributed by atoms with Gasteiger partial charge < -0.3 is 14.6 Å². The predicted octanol–water partition coefficient (Wildman–Crippen LogP) is 5.49. The molecule has 154 valence electrons. The highest BCUT2D eigenvalue weighted by Gasteiger charge is 2.23. The first-order valence-electron chi connectivity index (χ1n) is 9.52. The summed E-state index contributed by atoms with van der Waals surface area (Å²) in [6.07, 6.45) is -1.09. The van der Waals surface area contributed by atoms with Gasteiger partial charge in [0.25, 0.3) is 0 Å². The summed E-state index contributed by atoms with van der Waals surface area (Å²) in [5, 5.41) is 8.84. The first-order chi connectivity index (χ1) is 14.5. The van der Waals surface area contributed by atoms with Crippen LogP contribution in [0, 0.1) is 6.92 Å². The maximum atomic E-state index is 13.1. The Hall–Kier alpha value is -3.80. The van der Waals surface area contributed by atoms with Gasteiger partial charge in [-0.1, -0.05) is 48.5 Å². The van der Waals surface area contributed by atoms with Crippen LogP contribution in [0.2, 0.25) is 0 Å². The minimum absolute atomic E-state index is 0.436. The van der Waals surface area contributed by atoms with Crippen molar-refractivity contribution in [3.05, 3.63) is 90.0 Å². The molecule has 1 atom stereocenters. The van der Waals surface area contributed by atoms with Crippen LogP contribution in [0.25, 0.3) is 0 Å². The number of carboxylic acids is 1. The summed E-state index contributed by atoms with van der Waals surface area (Å²) in [6.45, 7) is 3.15. The average molecular weight is 405 g/mol. The van der Waals surface area contributed by atoms with E-state index in [1.807, 2.05) is 73.7 Å². The molecular formula is C24H23NO5. The number of nitrogens with zero attached hydrogens (tertiary/aromatic N) is 1. The van der Waals surface area contributed by atoms with Gasteiger partial charge in [-0.2, -0.15) is 0 Å². The lowest BCUT2D eigenvalue weighted by Gasteiger charge is -2.25. The monoisotopic (exact) mass is 405 g/mol. The Morgan fingerprint density at radius 2 is 1.47 bits per heavy atom. The van der Waals surface area contributed by atoms with Crippen molar-refractivity contribution in [3.8, 4) is 5.75 Å². The summed E-state index contributed by atoms with van der Waals surface area (Å²) < 4.78 is 11.1. The van der Waals surface area contributed by atoms with E-state index < -0.39 is 24.8 Å². The molecule has 1 unspecified atom stereocenters. The molecule has 0 bridgehead atoms. The van der Waals surface area contributed by atoms with E-state index in [0.29, 0.717) is 17.1 Å². The van der Waals surface area contributed by atoms with Gasteiger partial charge in [0.2, 0.25) is 0 Å². The number of para-hydroxylation sites is 2. The molecule has 3 aromatic rings. The van der Waals surface area contributed by atoms with Gasteiger partial charge in [0, 0.05) is 0 Å². The zero-order chi connectivity index (χ0) is 21.5. The molecule has 0 radical (unpaired) electrons. The molecular weight excluding hydrogens is 382 g/mol. The Morgan fingerprint density at radius 3 is 2.00 bits per heavy atom. The van der Waals surface area contributed by atoms with Gasteiger partial charge in [-0.05, 0) is 55.3 Å². The van der Waals surface area contributed by atoms with Crippen LogP contribution in [0.3, 0.4) is 0 Å². The lowest BCUT2D eigenvalue weighted by Crippen LogP contribution is -2.27. The van der Waals surface area contributed by atoms with Crippen LogP contribution in [0.15, 0.2) is 78.9 Å². The Kier molecular flexibility index (Phi) is 6.70. The molecule has 0 aromatic heterocycles. The summed E-state index contributed by atoms with van der Waals surface area (Å²) in [5.74, 6) is -0.610. The van der Waals surface area contributed by atoms with Crippen molar-refractivity contribution in [2.24, 2.45) is 0 Å². The quantitative estimate of drug-likeness (QED) is 0.562. The van der Waals surface area contributed by atoms with Crippen molar-refractivity contribution < 1.29 is 24.2 Å². The summed E-state index contributed by atoms with van der Waals surface area (Å²) in [6, 6.07) is 23.8. The molecule has 0 saturated carbocycles. The molecule has 3 aromatic carbocycles. The van der Waals surface area contributed by atoms with Crippen molar-refractivity contribution in [2.45, 2.75) is 20.0 Å². The molecule has 6 nitrogen and oxygen atoms in total. The molecule has 6 heteroatoms. The standard InChI is InChI=1S/C24H23NO5/c1-17-21(14-9-15-22(17)29-16-23(26)27)18(2)30-24(28)25(19-10-5-3-6-11-19)20-12-7-4-8-13-20/h3-15,18H,16H2,1-2H3,(H,26,27). The SMILES string of the molecule is Cc1c(OCC(=O)O)cccc1C(C)OC(=O)N(c1ccccc1)c1ccccc1. The topological polar surface area (TPSA) is 76.1 Å². The Bertz CT molecular complexity index is 965. The number of hydrogen-bond acceptors (Lipinski definition) is 4. The van der Waals surface area contributed by atoms with Crippen molar-refractivity contribution in [1.29, 1.82) is 0 Å². The number of ether oxygens (including phenoxy) is 2. The van der Waals surface area contributed by atoms with E-state index in [-0.39, 0.29) is 0 Å². The predicted molar refractivity (Wildman–Crippen MR) is 114 cm³/mol. The third-order valence-electron chi connectivity index (χ3n) is 4.60. The van der Waals surface area contributed by atoms with Crippen molar-refractivity contribution in [3.63, 3.8) is 0 Å². The minimum Gasteiger partial charge on any atom is -0.482 e. The zero-order valence-electron chi connectivity index (χ0n) is 16.8. The molecule has 0 aliphatic carbocycles. The first-order valence-corrected chi connectivity index (χ1v) is 9.52. The highest BCUT2D eigenvalue weighted by Crippen LogP contribution is 2.31. The summed E-state index contributed by atoms with van der Waals surface area (Å²) in [7, 11) is 0. The van der Waals surface area contributed by atoms with Crippen LogP contribution >= 0.6 is 0 Å². The molecule has 0 aliphatic rings. The Labute approximate surface area is 175 Å². The largest absolute Gasteiger partial charge is 0.482 e. The maximum Gasteiger partial charge on any atom is 0.419 e. The maximum absolute atomic E-state index is 13.1. The van der Waals surface area contributed by atoms with Gasteiger partial charge in [-0.25, -0.2) is 14.5 Å². The van der Waals surface area contributed by atoms with E-state index in [1.165, 1.54) is 4.90 Å². The zero-order valence-corrected chi connectivity index (χ0v) is 16.8. The normalized spacial score (nSPS) is 11.4. The van der Waals surface area contributed by atoms with Gasteiger partial charge in [0.1, 0.15) is 11.9 Å². The summed E-state index contributed by atoms with van der Waals surface area (Å²) in [4.78, 5) is 25.4. The van der Waals surface area contributed by atoms with Crippen LogP contribution in [-0.4, -0.2) is 23.8 Å². The molecule has 0 spiro atoms. The van der Waals surface area contributed by atoms with Gasteiger partial charge in [0.05, 0.1) is 11.4 Å². The van der Waals surface area contributed by atoms with Crippen molar-refractivity contribution in [1.82, 2.24) is 0 Å². The van der Waals surface area contributed by atoms with Crippen LogP contribution in [0.1, 0.15) is 24.2 Å². The highest BCUT2D eigenvalue weighted by molar-refractivity contribution is 5.96. The van der Waals surface area contributed by atoms with Crippen molar-refractivity contribution >= 4 is 23.4 Å². The molecule has 0 fully saturated rings. The fourth-order valence-corrected chi connectivity index (χ4v) is 3.15. The second kappa shape index (κ2) is 9.60. The third-order valence-corrected chi connectivity index (χ3v) is 4.60. The van der Waals surface area contributed by atoms with Gasteiger partial charge in [0.15, 0.2) is 6.61 Å². The molecule has 0 heterocycles. The Morgan fingerprint density at radius 1 is 0.900 bits per heavy atom. The summed E-state index contributed by atoms with van der Waals surface area (Å²) >= 11 is 0. The number of aliphatic carboxylic acids is 1. The van der Waals surface area contributed by atoms with Gasteiger partial charge >= 0.3 is 12.1 Å². The summed E-state index contributed by atoms with van der Waals surface area (Å²) in [5.41, 5.74) is 2.85. The fourth-order valence-electron chi connectivity index (χ4n) is 3.15. The number of carboxylic acid groups (broad SMARTS) is 1. The van der Waals surface area contributed by atoms with Crippen LogP contribution in [-0.2, 0) is 9.53 Å². The molecule has 3 rings (SSSR count). The molecule has 0 saturated heterocycles. The lowest BCUT2D eigenvalue weighted by molar-refractivity contribution is -0.139. The highest BCUT2D eigenvalue weighted by atomic mass is 16.6. The molecule has 1 amide bonds. The second-order valence-electron chi connectivity index (χ2n) is 6.69. The van der Waals surface area contributed by atoms with E-state index in [2.05, 4.69) is 0 Å². The average Bonchev–Trinajstić information content (AvgIpc) is 2.74. The Balaban J connectivity index is 1.84. The van der Waals surface area contributed by atoms with E-state index in [0.717, 1.165) is 11.1 Å². The van der Waals surface area contributed by atoms with E-state index >= 15 is 0 Å². The van der Waals surface area contributed by atoms with E-state index in [9.17, 15) is 9.59 Å². The van der Waals surface area contributed by atoms with Crippen LogP contribution in [0.4, 0.5) is 16.2 Å². The minimum atomic E-state index is -1.05. The van der Waals surface area contributed by atoms with Gasteiger partial charge in [-0.3, -0.25) is 0 Å².